The predicted molar refractivity (Wildman–Crippen MR) is 106 cm³/mol. The lowest BCUT2D eigenvalue weighted by atomic mass is 10.1. The molecule has 0 saturated carbocycles. The minimum atomic E-state index is -0.495. The molecule has 0 aliphatic rings. The number of aryl methyl sites for hydroxylation is 1. The van der Waals surface area contributed by atoms with Crippen molar-refractivity contribution in [2.75, 3.05) is 0 Å². The molecule has 1 aromatic heterocycles. The molecule has 0 bridgehead atoms. The van der Waals surface area contributed by atoms with Gasteiger partial charge in [-0.3, -0.25) is 18.7 Å². The summed E-state index contributed by atoms with van der Waals surface area (Å²) in [4.78, 5) is 37.2. The standard InChI is InChI=1S/C21H23N3O3/c1-15(12-13-16-8-4-3-5-9-16)22-19(25)14-24-18-11-7-6-10-17(18)20(26)23(2)21(24)27/h3-11,15H,12-14H2,1-2H3,(H,22,25)/t15-/m1/s1. The van der Waals surface area contributed by atoms with Crippen molar-refractivity contribution in [3.05, 3.63) is 81.0 Å². The molecule has 1 N–H and O–H groups in total. The van der Waals surface area contributed by atoms with Crippen LogP contribution in [-0.4, -0.2) is 21.1 Å². The molecule has 6 heteroatoms. The Morgan fingerprint density at radius 2 is 1.70 bits per heavy atom. The third-order valence-electron chi connectivity index (χ3n) is 4.67. The summed E-state index contributed by atoms with van der Waals surface area (Å²) in [6.45, 7) is 1.83. The molecule has 0 radical (unpaired) electrons. The van der Waals surface area contributed by atoms with Crippen molar-refractivity contribution in [1.29, 1.82) is 0 Å². The lowest BCUT2D eigenvalue weighted by molar-refractivity contribution is -0.122. The number of carbonyl (C=O) groups excluding carboxylic acids is 1. The van der Waals surface area contributed by atoms with E-state index >= 15 is 0 Å². The van der Waals surface area contributed by atoms with Crippen LogP contribution in [0, 0.1) is 0 Å². The van der Waals surface area contributed by atoms with E-state index in [1.54, 1.807) is 24.3 Å². The fourth-order valence-corrected chi connectivity index (χ4v) is 3.16. The Balaban J connectivity index is 1.73. The number of hydrogen-bond donors (Lipinski definition) is 1. The quantitative estimate of drug-likeness (QED) is 0.724. The molecule has 1 atom stereocenters. The Morgan fingerprint density at radius 3 is 2.44 bits per heavy atom. The topological polar surface area (TPSA) is 73.1 Å². The Labute approximate surface area is 157 Å². The highest BCUT2D eigenvalue weighted by molar-refractivity contribution is 5.81. The van der Waals surface area contributed by atoms with E-state index in [9.17, 15) is 14.4 Å². The van der Waals surface area contributed by atoms with E-state index in [0.717, 1.165) is 17.4 Å². The van der Waals surface area contributed by atoms with Crippen molar-refractivity contribution in [3.63, 3.8) is 0 Å². The van der Waals surface area contributed by atoms with Gasteiger partial charge in [0.05, 0.1) is 10.9 Å². The first kappa shape index (κ1) is 18.6. The van der Waals surface area contributed by atoms with E-state index in [1.165, 1.54) is 17.2 Å². The first-order valence-electron chi connectivity index (χ1n) is 8.99. The summed E-state index contributed by atoms with van der Waals surface area (Å²) >= 11 is 0. The first-order valence-corrected chi connectivity index (χ1v) is 8.99. The van der Waals surface area contributed by atoms with Crippen LogP contribution in [0.2, 0.25) is 0 Å². The number of para-hydroxylation sites is 1. The molecule has 3 rings (SSSR count). The molecule has 0 unspecified atom stereocenters. The SMILES string of the molecule is C[C@H](CCc1ccccc1)NC(=O)Cn1c(=O)n(C)c(=O)c2ccccc21. The van der Waals surface area contributed by atoms with E-state index < -0.39 is 5.69 Å². The highest BCUT2D eigenvalue weighted by Gasteiger charge is 2.14. The number of benzene rings is 2. The summed E-state index contributed by atoms with van der Waals surface area (Å²) in [5, 5.41) is 3.36. The summed E-state index contributed by atoms with van der Waals surface area (Å²) in [5.41, 5.74) is 0.839. The Hall–Kier alpha value is -3.15. The van der Waals surface area contributed by atoms with Crippen molar-refractivity contribution in [2.24, 2.45) is 7.05 Å². The fraction of sp³-hybridized carbons (Fsp3) is 0.286. The number of fused-ring (bicyclic) bond motifs is 1. The zero-order valence-electron chi connectivity index (χ0n) is 15.5. The number of rotatable bonds is 6. The zero-order valence-corrected chi connectivity index (χ0v) is 15.5. The Morgan fingerprint density at radius 1 is 1.04 bits per heavy atom. The van der Waals surface area contributed by atoms with Crippen molar-refractivity contribution in [1.82, 2.24) is 14.5 Å². The van der Waals surface area contributed by atoms with Gasteiger partial charge in [-0.15, -0.1) is 0 Å². The average Bonchev–Trinajstić information content (AvgIpc) is 2.69. The third-order valence-corrected chi connectivity index (χ3v) is 4.67. The van der Waals surface area contributed by atoms with Gasteiger partial charge in [-0.2, -0.15) is 0 Å². The number of carbonyl (C=O) groups is 1. The molecular weight excluding hydrogens is 342 g/mol. The molecule has 0 aliphatic heterocycles. The van der Waals surface area contributed by atoms with E-state index in [1.807, 2.05) is 25.1 Å². The highest BCUT2D eigenvalue weighted by atomic mass is 16.2. The lowest BCUT2D eigenvalue weighted by Gasteiger charge is -2.16. The molecule has 1 amide bonds. The molecule has 6 nitrogen and oxygen atoms in total. The number of nitrogens with zero attached hydrogens (tertiary/aromatic N) is 2. The van der Waals surface area contributed by atoms with E-state index in [2.05, 4.69) is 17.4 Å². The van der Waals surface area contributed by atoms with Crippen LogP contribution in [0.1, 0.15) is 18.9 Å². The molecule has 0 saturated heterocycles. The van der Waals surface area contributed by atoms with Crippen molar-refractivity contribution in [2.45, 2.75) is 32.4 Å². The van der Waals surface area contributed by atoms with Crippen LogP contribution >= 0.6 is 0 Å². The van der Waals surface area contributed by atoms with Crippen LogP contribution in [-0.2, 0) is 24.8 Å². The second kappa shape index (κ2) is 8.03. The van der Waals surface area contributed by atoms with Crippen LogP contribution in [0.4, 0.5) is 0 Å². The molecule has 3 aromatic rings. The van der Waals surface area contributed by atoms with Gasteiger partial charge in [-0.1, -0.05) is 42.5 Å². The normalized spacial score (nSPS) is 12.1. The summed E-state index contributed by atoms with van der Waals surface area (Å²) < 4.78 is 2.38. The highest BCUT2D eigenvalue weighted by Crippen LogP contribution is 2.08. The summed E-state index contributed by atoms with van der Waals surface area (Å²) in [6, 6.07) is 16.9. The fourth-order valence-electron chi connectivity index (χ4n) is 3.16. The van der Waals surface area contributed by atoms with Crippen molar-refractivity contribution >= 4 is 16.8 Å². The Bertz CT molecular complexity index is 1070. The smallest absolute Gasteiger partial charge is 0.331 e. The molecule has 2 aromatic carbocycles. The maximum Gasteiger partial charge on any atom is 0.331 e. The second-order valence-corrected chi connectivity index (χ2v) is 6.74. The van der Waals surface area contributed by atoms with Gasteiger partial charge in [0.1, 0.15) is 6.54 Å². The minimum Gasteiger partial charge on any atom is -0.352 e. The number of aromatic nitrogens is 2. The number of amides is 1. The maximum atomic E-state index is 12.5. The molecule has 27 heavy (non-hydrogen) atoms. The maximum absolute atomic E-state index is 12.5. The molecule has 140 valence electrons. The van der Waals surface area contributed by atoms with Gasteiger partial charge in [-0.05, 0) is 37.5 Å². The lowest BCUT2D eigenvalue weighted by Crippen LogP contribution is -2.42. The van der Waals surface area contributed by atoms with Crippen LogP contribution in [0.25, 0.3) is 10.9 Å². The third kappa shape index (κ3) is 4.16. The molecular formula is C21H23N3O3. The second-order valence-electron chi connectivity index (χ2n) is 6.74. The largest absolute Gasteiger partial charge is 0.352 e. The minimum absolute atomic E-state index is 0.0211. The molecule has 0 spiro atoms. The van der Waals surface area contributed by atoms with Crippen molar-refractivity contribution < 1.29 is 4.79 Å². The van der Waals surface area contributed by atoms with Crippen LogP contribution < -0.4 is 16.6 Å². The number of hydrogen-bond acceptors (Lipinski definition) is 3. The van der Waals surface area contributed by atoms with Gasteiger partial charge < -0.3 is 5.32 Å². The summed E-state index contributed by atoms with van der Waals surface area (Å²) in [5.74, 6) is -0.249. The summed E-state index contributed by atoms with van der Waals surface area (Å²) in [6.07, 6.45) is 1.67. The van der Waals surface area contributed by atoms with Gasteiger partial charge in [0.15, 0.2) is 0 Å². The summed E-state index contributed by atoms with van der Waals surface area (Å²) in [7, 11) is 1.42. The van der Waals surface area contributed by atoms with Gasteiger partial charge in [0.2, 0.25) is 5.91 Å². The van der Waals surface area contributed by atoms with Gasteiger partial charge in [-0.25, -0.2) is 4.79 Å². The monoisotopic (exact) mass is 365 g/mol. The van der Waals surface area contributed by atoms with E-state index in [0.29, 0.717) is 10.9 Å². The zero-order chi connectivity index (χ0) is 19.4. The van der Waals surface area contributed by atoms with Crippen molar-refractivity contribution in [3.8, 4) is 0 Å². The predicted octanol–water partition coefficient (Wildman–Crippen LogP) is 1.84. The van der Waals surface area contributed by atoms with Crippen LogP contribution in [0.3, 0.4) is 0 Å². The first-order chi connectivity index (χ1) is 13.0. The van der Waals surface area contributed by atoms with Gasteiger partial charge >= 0.3 is 5.69 Å². The molecule has 0 fully saturated rings. The van der Waals surface area contributed by atoms with Gasteiger partial charge in [0, 0.05) is 13.1 Å². The Kier molecular flexibility index (Phi) is 5.54. The van der Waals surface area contributed by atoms with Crippen LogP contribution in [0.15, 0.2) is 64.2 Å². The van der Waals surface area contributed by atoms with Crippen LogP contribution in [0.5, 0.6) is 0 Å². The molecule has 1 heterocycles. The van der Waals surface area contributed by atoms with E-state index in [-0.39, 0.29) is 24.1 Å². The molecule has 0 aliphatic carbocycles. The average molecular weight is 365 g/mol. The van der Waals surface area contributed by atoms with Gasteiger partial charge in [0.25, 0.3) is 5.56 Å². The van der Waals surface area contributed by atoms with E-state index in [4.69, 9.17) is 0 Å². The number of nitrogens with one attached hydrogen (secondary N) is 1.